The zero-order chi connectivity index (χ0) is 21.8. The van der Waals surface area contributed by atoms with Gasteiger partial charge in [0.1, 0.15) is 0 Å². The van der Waals surface area contributed by atoms with Crippen LogP contribution in [0.2, 0.25) is 0 Å². The first kappa shape index (κ1) is 22.0. The van der Waals surface area contributed by atoms with Crippen molar-refractivity contribution in [2.75, 3.05) is 19.6 Å². The maximum absolute atomic E-state index is 13.0. The minimum Gasteiger partial charge on any atom is -0.392 e. The van der Waals surface area contributed by atoms with Gasteiger partial charge in [-0.25, -0.2) is 0 Å². The first-order valence-corrected chi connectivity index (χ1v) is 11.5. The van der Waals surface area contributed by atoms with Gasteiger partial charge in [0.15, 0.2) is 0 Å². The minimum atomic E-state index is -0.418. The molecule has 2 aromatic rings. The Morgan fingerprint density at radius 3 is 2.58 bits per heavy atom. The second-order valence-corrected chi connectivity index (χ2v) is 9.24. The number of aryl methyl sites for hydroxylation is 2. The van der Waals surface area contributed by atoms with E-state index in [2.05, 4.69) is 77.5 Å². The molecule has 0 bridgehead atoms. The van der Waals surface area contributed by atoms with Crippen LogP contribution in [0.25, 0.3) is 0 Å². The summed E-state index contributed by atoms with van der Waals surface area (Å²) in [5.74, 6) is 0.0455. The van der Waals surface area contributed by atoms with Crippen LogP contribution in [-0.2, 0) is 17.9 Å². The number of nitrogens with zero attached hydrogens (tertiary/aromatic N) is 2. The molecule has 2 atom stereocenters. The number of hydrogen-bond acceptors (Lipinski definition) is 4. The van der Waals surface area contributed by atoms with Gasteiger partial charge in [-0.3, -0.25) is 14.6 Å². The number of likely N-dealkylation sites (tertiary alicyclic amines) is 2. The molecule has 5 nitrogen and oxygen atoms in total. The van der Waals surface area contributed by atoms with Gasteiger partial charge in [-0.2, -0.15) is 0 Å². The van der Waals surface area contributed by atoms with Crippen LogP contribution >= 0.6 is 0 Å². The number of amides is 1. The lowest BCUT2D eigenvalue weighted by molar-refractivity contribution is -0.126. The van der Waals surface area contributed by atoms with Gasteiger partial charge in [0.05, 0.1) is 12.1 Å². The molecule has 0 unspecified atom stereocenters. The molecule has 2 fully saturated rings. The zero-order valence-electron chi connectivity index (χ0n) is 18.8. The summed E-state index contributed by atoms with van der Waals surface area (Å²) in [6.07, 6.45) is 2.20. The lowest BCUT2D eigenvalue weighted by Crippen LogP contribution is -2.51. The van der Waals surface area contributed by atoms with Crippen molar-refractivity contribution < 1.29 is 9.90 Å². The van der Waals surface area contributed by atoms with Gasteiger partial charge >= 0.3 is 0 Å². The van der Waals surface area contributed by atoms with Crippen molar-refractivity contribution in [3.05, 3.63) is 70.8 Å². The summed E-state index contributed by atoms with van der Waals surface area (Å²) in [6, 6.07) is 17.1. The van der Waals surface area contributed by atoms with Crippen molar-refractivity contribution in [2.24, 2.45) is 0 Å². The largest absolute Gasteiger partial charge is 0.392 e. The number of benzene rings is 2. The first-order valence-electron chi connectivity index (χ1n) is 11.5. The molecule has 2 saturated heterocycles. The number of aliphatic hydroxyl groups is 1. The molecule has 0 aromatic heterocycles. The maximum atomic E-state index is 13.0. The molecule has 4 rings (SSSR count). The molecule has 2 aromatic carbocycles. The van der Waals surface area contributed by atoms with Crippen molar-refractivity contribution in [1.29, 1.82) is 0 Å². The van der Waals surface area contributed by atoms with E-state index < -0.39 is 6.10 Å². The zero-order valence-corrected chi connectivity index (χ0v) is 18.8. The molecule has 0 saturated carbocycles. The van der Waals surface area contributed by atoms with E-state index in [4.69, 9.17) is 0 Å². The average Bonchev–Trinajstić information content (AvgIpc) is 3.17. The van der Waals surface area contributed by atoms with E-state index in [0.29, 0.717) is 25.6 Å². The van der Waals surface area contributed by atoms with Gasteiger partial charge in [0.2, 0.25) is 5.91 Å². The second kappa shape index (κ2) is 9.94. The maximum Gasteiger partial charge on any atom is 0.237 e. The Labute approximate surface area is 186 Å². The van der Waals surface area contributed by atoms with Crippen molar-refractivity contribution >= 4 is 5.91 Å². The van der Waals surface area contributed by atoms with Crippen molar-refractivity contribution in [2.45, 2.75) is 64.4 Å². The number of aliphatic hydroxyl groups excluding tert-OH is 1. The average molecular weight is 422 g/mol. The number of piperidine rings is 1. The Balaban J connectivity index is 1.32. The highest BCUT2D eigenvalue weighted by Crippen LogP contribution is 2.27. The van der Waals surface area contributed by atoms with Crippen molar-refractivity contribution in [3.63, 3.8) is 0 Å². The van der Waals surface area contributed by atoms with E-state index in [1.165, 1.54) is 16.7 Å². The third-order valence-corrected chi connectivity index (χ3v) is 6.85. The van der Waals surface area contributed by atoms with Gasteiger partial charge in [-0.1, -0.05) is 54.1 Å². The number of carbonyl (C=O) groups excluding carboxylic acids is 1. The molecule has 2 aliphatic heterocycles. The number of nitrogens with one attached hydrogen (secondary N) is 1. The van der Waals surface area contributed by atoms with Gasteiger partial charge in [0.25, 0.3) is 0 Å². The number of hydrogen-bond donors (Lipinski definition) is 2. The summed E-state index contributed by atoms with van der Waals surface area (Å²) in [4.78, 5) is 17.8. The molecule has 2 heterocycles. The van der Waals surface area contributed by atoms with Crippen molar-refractivity contribution in [3.8, 4) is 0 Å². The van der Waals surface area contributed by atoms with Crippen LogP contribution < -0.4 is 5.32 Å². The van der Waals surface area contributed by atoms with Crippen LogP contribution in [0.5, 0.6) is 0 Å². The topological polar surface area (TPSA) is 55.8 Å². The Hall–Kier alpha value is -2.21. The molecule has 0 radical (unpaired) electrons. The molecular formula is C26H35N3O2. The fourth-order valence-corrected chi connectivity index (χ4v) is 5.04. The molecule has 31 heavy (non-hydrogen) atoms. The van der Waals surface area contributed by atoms with Gasteiger partial charge in [-0.15, -0.1) is 0 Å². The summed E-state index contributed by atoms with van der Waals surface area (Å²) in [6.45, 7) is 8.34. The van der Waals surface area contributed by atoms with Crippen LogP contribution in [0.15, 0.2) is 48.5 Å². The minimum absolute atomic E-state index is 0.0455. The molecule has 0 spiro atoms. The van der Waals surface area contributed by atoms with Gasteiger partial charge in [0, 0.05) is 25.7 Å². The summed E-state index contributed by atoms with van der Waals surface area (Å²) in [5.41, 5.74) is 4.91. The smallest absolute Gasteiger partial charge is 0.237 e. The van der Waals surface area contributed by atoms with Crippen molar-refractivity contribution in [1.82, 2.24) is 15.1 Å². The van der Waals surface area contributed by atoms with Crippen LogP contribution in [0.3, 0.4) is 0 Å². The number of carbonyl (C=O) groups is 1. The number of rotatable bonds is 6. The van der Waals surface area contributed by atoms with E-state index in [0.717, 1.165) is 38.0 Å². The van der Waals surface area contributed by atoms with Crippen LogP contribution in [0.1, 0.15) is 41.5 Å². The van der Waals surface area contributed by atoms with E-state index in [-0.39, 0.29) is 11.9 Å². The van der Waals surface area contributed by atoms with Gasteiger partial charge < -0.3 is 10.4 Å². The highest BCUT2D eigenvalue weighted by atomic mass is 16.3. The lowest BCUT2D eigenvalue weighted by atomic mass is 10.0. The van der Waals surface area contributed by atoms with E-state index in [1.807, 2.05) is 0 Å². The fourth-order valence-electron chi connectivity index (χ4n) is 5.04. The Morgan fingerprint density at radius 2 is 1.84 bits per heavy atom. The molecule has 1 amide bonds. The third kappa shape index (κ3) is 5.53. The summed E-state index contributed by atoms with van der Waals surface area (Å²) < 4.78 is 0. The molecule has 166 valence electrons. The molecular weight excluding hydrogens is 386 g/mol. The summed E-state index contributed by atoms with van der Waals surface area (Å²) >= 11 is 0. The normalized spacial score (nSPS) is 23.2. The van der Waals surface area contributed by atoms with Crippen LogP contribution in [-0.4, -0.2) is 58.6 Å². The summed E-state index contributed by atoms with van der Waals surface area (Å²) in [5, 5.41) is 13.5. The predicted octanol–water partition coefficient (Wildman–Crippen LogP) is 3.02. The highest BCUT2D eigenvalue weighted by molar-refractivity contribution is 5.82. The molecule has 5 heteroatoms. The number of β-amino-alcohol motifs (C(OH)–C–C–N with tert-alkyl or cyclic N) is 1. The standard InChI is InChI=1S/C26H35N3O2/c1-19-8-9-20(2)22(14-19)16-27-26(31)25-15-24(30)18-29(25)23-10-12-28(13-11-23)17-21-6-4-3-5-7-21/h3-9,14,23-25,30H,10-13,15-18H2,1-2H3,(H,27,31)/t24-,25+/m1/s1. The first-order chi connectivity index (χ1) is 15.0. The third-order valence-electron chi connectivity index (χ3n) is 6.85. The van der Waals surface area contributed by atoms with Gasteiger partial charge in [-0.05, 0) is 62.9 Å². The molecule has 2 N–H and O–H groups in total. The predicted molar refractivity (Wildman–Crippen MR) is 124 cm³/mol. The Morgan fingerprint density at radius 1 is 1.10 bits per heavy atom. The van der Waals surface area contributed by atoms with Crippen LogP contribution in [0, 0.1) is 13.8 Å². The Kier molecular flexibility index (Phi) is 7.06. The monoisotopic (exact) mass is 421 g/mol. The van der Waals surface area contributed by atoms with E-state index in [1.54, 1.807) is 0 Å². The fraction of sp³-hybridized carbons (Fsp3) is 0.500. The van der Waals surface area contributed by atoms with E-state index in [9.17, 15) is 9.90 Å². The SMILES string of the molecule is Cc1ccc(C)c(CNC(=O)[C@@H]2C[C@@H](O)CN2C2CCN(Cc3ccccc3)CC2)c1. The molecule has 2 aliphatic rings. The summed E-state index contributed by atoms with van der Waals surface area (Å²) in [7, 11) is 0. The quantitative estimate of drug-likeness (QED) is 0.753. The highest BCUT2D eigenvalue weighted by Gasteiger charge is 2.40. The molecule has 0 aliphatic carbocycles. The van der Waals surface area contributed by atoms with Crippen LogP contribution in [0.4, 0.5) is 0 Å². The van der Waals surface area contributed by atoms with E-state index >= 15 is 0 Å². The second-order valence-electron chi connectivity index (χ2n) is 9.24. The Bertz CT molecular complexity index is 877. The lowest BCUT2D eigenvalue weighted by Gasteiger charge is -2.39.